The first-order valence-corrected chi connectivity index (χ1v) is 7.85. The maximum absolute atomic E-state index is 5.97. The van der Waals surface area contributed by atoms with Crippen molar-refractivity contribution in [3.05, 3.63) is 52.2 Å². The van der Waals surface area contributed by atoms with Gasteiger partial charge in [0.05, 0.1) is 6.61 Å². The van der Waals surface area contributed by atoms with E-state index in [1.807, 2.05) is 12.1 Å². The summed E-state index contributed by atoms with van der Waals surface area (Å²) in [4.78, 5) is 1.36. The van der Waals surface area contributed by atoms with Crippen molar-refractivity contribution < 1.29 is 9.47 Å². The van der Waals surface area contributed by atoms with Crippen LogP contribution in [0.1, 0.15) is 10.4 Å². The second-order valence-electron chi connectivity index (χ2n) is 4.87. The molecule has 106 valence electrons. The molecule has 0 spiro atoms. The standard InChI is InChI=1S/C16H19NO2S/c1-2-6-16(19-12-14-11-17-7-8-18-14)13(4-1)10-15-5-3-9-20-15/h1-6,9,14,17H,7-8,10-12H2/t14-/m1/s1. The molecule has 1 fully saturated rings. The van der Waals surface area contributed by atoms with Crippen molar-refractivity contribution in [1.29, 1.82) is 0 Å². The van der Waals surface area contributed by atoms with E-state index in [4.69, 9.17) is 9.47 Å². The minimum Gasteiger partial charge on any atom is -0.491 e. The van der Waals surface area contributed by atoms with E-state index in [9.17, 15) is 0 Å². The van der Waals surface area contributed by atoms with E-state index < -0.39 is 0 Å². The smallest absolute Gasteiger partial charge is 0.122 e. The molecule has 3 nitrogen and oxygen atoms in total. The molecule has 1 saturated heterocycles. The number of rotatable bonds is 5. The fourth-order valence-corrected chi connectivity index (χ4v) is 3.03. The molecule has 0 radical (unpaired) electrons. The molecular weight excluding hydrogens is 270 g/mol. The molecule has 1 N–H and O–H groups in total. The Hall–Kier alpha value is -1.36. The first-order chi connectivity index (χ1) is 9.92. The van der Waals surface area contributed by atoms with Gasteiger partial charge in [-0.1, -0.05) is 24.3 Å². The van der Waals surface area contributed by atoms with Crippen LogP contribution in [0.4, 0.5) is 0 Å². The second-order valence-corrected chi connectivity index (χ2v) is 5.90. The van der Waals surface area contributed by atoms with Gasteiger partial charge in [-0.05, 0) is 23.1 Å². The van der Waals surface area contributed by atoms with Crippen LogP contribution in [0.25, 0.3) is 0 Å². The van der Waals surface area contributed by atoms with Crippen LogP contribution in [0, 0.1) is 0 Å². The zero-order valence-corrected chi connectivity index (χ0v) is 12.2. The van der Waals surface area contributed by atoms with Crippen molar-refractivity contribution >= 4 is 11.3 Å². The van der Waals surface area contributed by atoms with E-state index >= 15 is 0 Å². The highest BCUT2D eigenvalue weighted by Gasteiger charge is 2.14. The molecule has 3 rings (SSSR count). The summed E-state index contributed by atoms with van der Waals surface area (Å²) in [5, 5.41) is 5.43. The average Bonchev–Trinajstić information content (AvgIpc) is 3.00. The van der Waals surface area contributed by atoms with Crippen LogP contribution in [0.2, 0.25) is 0 Å². The van der Waals surface area contributed by atoms with Crippen molar-refractivity contribution in [3.8, 4) is 5.75 Å². The minimum absolute atomic E-state index is 0.151. The van der Waals surface area contributed by atoms with E-state index in [2.05, 4.69) is 35.0 Å². The molecule has 4 heteroatoms. The van der Waals surface area contributed by atoms with Gasteiger partial charge in [0.1, 0.15) is 18.5 Å². The molecule has 0 saturated carbocycles. The Morgan fingerprint density at radius 3 is 3.00 bits per heavy atom. The molecule has 1 aliphatic heterocycles. The lowest BCUT2D eigenvalue weighted by molar-refractivity contribution is 0.0000351. The van der Waals surface area contributed by atoms with Crippen molar-refractivity contribution in [2.75, 3.05) is 26.3 Å². The Morgan fingerprint density at radius 1 is 1.25 bits per heavy atom. The lowest BCUT2D eigenvalue weighted by Gasteiger charge is -2.24. The highest BCUT2D eigenvalue weighted by Crippen LogP contribution is 2.23. The minimum atomic E-state index is 0.151. The second kappa shape index (κ2) is 6.88. The first-order valence-electron chi connectivity index (χ1n) is 6.97. The first kappa shape index (κ1) is 13.6. The molecule has 0 bridgehead atoms. The van der Waals surface area contributed by atoms with E-state index in [0.717, 1.165) is 31.9 Å². The predicted octanol–water partition coefficient (Wildman–Crippen LogP) is 2.71. The summed E-state index contributed by atoms with van der Waals surface area (Å²) in [6, 6.07) is 12.5. The highest BCUT2D eigenvalue weighted by molar-refractivity contribution is 7.09. The van der Waals surface area contributed by atoms with Crippen LogP contribution in [0.15, 0.2) is 41.8 Å². The summed E-state index contributed by atoms with van der Waals surface area (Å²) in [6.45, 7) is 3.18. The summed E-state index contributed by atoms with van der Waals surface area (Å²) in [7, 11) is 0. The van der Waals surface area contributed by atoms with Gasteiger partial charge < -0.3 is 14.8 Å². The number of para-hydroxylation sites is 1. The van der Waals surface area contributed by atoms with Crippen molar-refractivity contribution in [2.45, 2.75) is 12.5 Å². The lowest BCUT2D eigenvalue weighted by atomic mass is 10.1. The predicted molar refractivity (Wildman–Crippen MR) is 81.7 cm³/mol. The number of nitrogens with one attached hydrogen (secondary N) is 1. The number of benzene rings is 1. The Kier molecular flexibility index (Phi) is 4.69. The molecule has 0 unspecified atom stereocenters. The summed E-state index contributed by atoms with van der Waals surface area (Å²) in [6.07, 6.45) is 1.08. The number of ether oxygens (including phenoxy) is 2. The van der Waals surface area contributed by atoms with E-state index in [1.165, 1.54) is 10.4 Å². The van der Waals surface area contributed by atoms with Crippen LogP contribution >= 0.6 is 11.3 Å². The Balaban J connectivity index is 1.63. The number of morpholine rings is 1. The molecule has 20 heavy (non-hydrogen) atoms. The van der Waals surface area contributed by atoms with Gasteiger partial charge in [0.25, 0.3) is 0 Å². The van der Waals surface area contributed by atoms with Gasteiger partial charge in [-0.2, -0.15) is 0 Å². The monoisotopic (exact) mass is 289 g/mol. The van der Waals surface area contributed by atoms with Crippen molar-refractivity contribution in [2.24, 2.45) is 0 Å². The Morgan fingerprint density at radius 2 is 2.20 bits per heavy atom. The van der Waals surface area contributed by atoms with Gasteiger partial charge >= 0.3 is 0 Å². The van der Waals surface area contributed by atoms with Crippen LogP contribution < -0.4 is 10.1 Å². The molecule has 2 aromatic rings. The maximum Gasteiger partial charge on any atom is 0.122 e. The summed E-state index contributed by atoms with van der Waals surface area (Å²) in [5.41, 5.74) is 1.23. The van der Waals surface area contributed by atoms with Gasteiger partial charge in [0, 0.05) is 24.4 Å². The zero-order chi connectivity index (χ0) is 13.6. The van der Waals surface area contributed by atoms with Crippen LogP contribution in [-0.2, 0) is 11.2 Å². The van der Waals surface area contributed by atoms with Gasteiger partial charge in [-0.25, -0.2) is 0 Å². The van der Waals surface area contributed by atoms with Crippen molar-refractivity contribution in [3.63, 3.8) is 0 Å². The van der Waals surface area contributed by atoms with E-state index in [-0.39, 0.29) is 6.10 Å². The van der Waals surface area contributed by atoms with Crippen LogP contribution in [0.5, 0.6) is 5.75 Å². The van der Waals surface area contributed by atoms with Crippen molar-refractivity contribution in [1.82, 2.24) is 5.32 Å². The summed E-state index contributed by atoms with van der Waals surface area (Å²) in [5.74, 6) is 0.968. The molecule has 1 aliphatic rings. The topological polar surface area (TPSA) is 30.5 Å². The third kappa shape index (κ3) is 3.60. The van der Waals surface area contributed by atoms with Gasteiger partial charge in [0.15, 0.2) is 0 Å². The maximum atomic E-state index is 5.97. The normalized spacial score (nSPS) is 18.9. The molecule has 0 amide bonds. The number of hydrogen-bond acceptors (Lipinski definition) is 4. The highest BCUT2D eigenvalue weighted by atomic mass is 32.1. The fraction of sp³-hybridized carbons (Fsp3) is 0.375. The van der Waals surface area contributed by atoms with Crippen LogP contribution in [-0.4, -0.2) is 32.4 Å². The SMILES string of the molecule is c1csc(Cc2ccccc2OC[C@H]2CNCCO2)c1. The molecule has 1 atom stereocenters. The summed E-state index contributed by atoms with van der Waals surface area (Å²) < 4.78 is 11.6. The zero-order valence-electron chi connectivity index (χ0n) is 11.4. The van der Waals surface area contributed by atoms with Crippen LogP contribution in [0.3, 0.4) is 0 Å². The quantitative estimate of drug-likeness (QED) is 0.918. The summed E-state index contributed by atoms with van der Waals surface area (Å²) >= 11 is 1.78. The van der Waals surface area contributed by atoms with E-state index in [1.54, 1.807) is 11.3 Å². The molecule has 0 aliphatic carbocycles. The van der Waals surface area contributed by atoms with Gasteiger partial charge in [-0.15, -0.1) is 11.3 Å². The third-order valence-electron chi connectivity index (χ3n) is 3.35. The lowest BCUT2D eigenvalue weighted by Crippen LogP contribution is -2.41. The molecule has 2 heterocycles. The molecular formula is C16H19NO2S. The third-order valence-corrected chi connectivity index (χ3v) is 4.22. The molecule has 1 aromatic carbocycles. The van der Waals surface area contributed by atoms with E-state index in [0.29, 0.717) is 6.61 Å². The van der Waals surface area contributed by atoms with Gasteiger partial charge in [0.2, 0.25) is 0 Å². The largest absolute Gasteiger partial charge is 0.491 e. The van der Waals surface area contributed by atoms with Gasteiger partial charge in [-0.3, -0.25) is 0 Å². The number of thiophene rings is 1. The Bertz CT molecular complexity index is 521. The Labute approximate surface area is 123 Å². The molecule has 1 aromatic heterocycles. The average molecular weight is 289 g/mol. The number of hydrogen-bond donors (Lipinski definition) is 1. The fourth-order valence-electron chi connectivity index (χ4n) is 2.30.